The lowest BCUT2D eigenvalue weighted by molar-refractivity contribution is 0.256. The number of primary amides is 1. The summed E-state index contributed by atoms with van der Waals surface area (Å²) in [6.45, 7) is 0.643. The first-order valence-corrected chi connectivity index (χ1v) is 9.10. The van der Waals surface area contributed by atoms with Crippen molar-refractivity contribution in [3.05, 3.63) is 94.8 Å². The van der Waals surface area contributed by atoms with Crippen LogP contribution in [0.3, 0.4) is 0 Å². The number of benzene rings is 3. The number of anilines is 2. The van der Waals surface area contributed by atoms with Gasteiger partial charge >= 0.3 is 6.03 Å². The van der Waals surface area contributed by atoms with Crippen molar-refractivity contribution in [3.63, 3.8) is 0 Å². The van der Waals surface area contributed by atoms with Crippen LogP contribution in [0.1, 0.15) is 22.3 Å². The van der Waals surface area contributed by atoms with Crippen molar-refractivity contribution in [3.8, 4) is 6.07 Å². The summed E-state index contributed by atoms with van der Waals surface area (Å²) in [4.78, 5) is 18.0. The van der Waals surface area contributed by atoms with Gasteiger partial charge < -0.3 is 5.73 Å². The topological polar surface area (TPSA) is 82.5 Å². The third kappa shape index (κ3) is 3.58. The number of hydrogen-bond acceptors (Lipinski definition) is 3. The maximum absolute atomic E-state index is 13.8. The van der Waals surface area contributed by atoms with Gasteiger partial charge in [0.25, 0.3) is 0 Å². The number of carbonyl (C=O) groups excluding carboxylic acids is 1. The van der Waals surface area contributed by atoms with E-state index in [-0.39, 0.29) is 5.82 Å². The van der Waals surface area contributed by atoms with Crippen molar-refractivity contribution in [1.29, 1.82) is 5.26 Å². The first-order valence-electron chi connectivity index (χ1n) is 9.10. The highest BCUT2D eigenvalue weighted by atomic mass is 19.1. The van der Waals surface area contributed by atoms with Gasteiger partial charge in [-0.1, -0.05) is 24.3 Å². The zero-order chi connectivity index (χ0) is 20.4. The molecule has 5 nitrogen and oxygen atoms in total. The molecule has 4 rings (SSSR count). The Morgan fingerprint density at radius 3 is 2.59 bits per heavy atom. The summed E-state index contributed by atoms with van der Waals surface area (Å²) >= 11 is 0. The van der Waals surface area contributed by atoms with E-state index >= 15 is 0 Å². The smallest absolute Gasteiger partial charge is 0.323 e. The minimum Gasteiger partial charge on any atom is -0.351 e. The summed E-state index contributed by atoms with van der Waals surface area (Å²) in [7, 11) is 0. The molecule has 3 aromatic carbocycles. The lowest BCUT2D eigenvalue weighted by Crippen LogP contribution is -2.31. The fourth-order valence-electron chi connectivity index (χ4n) is 3.49. The van der Waals surface area contributed by atoms with Crippen LogP contribution < -0.4 is 10.6 Å². The highest BCUT2D eigenvalue weighted by molar-refractivity contribution is 6.14. The summed E-state index contributed by atoms with van der Waals surface area (Å²) in [6, 6.07) is 20.0. The van der Waals surface area contributed by atoms with Gasteiger partial charge in [-0.3, -0.25) is 9.89 Å². The first-order chi connectivity index (χ1) is 14.1. The lowest BCUT2D eigenvalue weighted by Gasteiger charge is -2.22. The van der Waals surface area contributed by atoms with E-state index in [0.29, 0.717) is 23.5 Å². The molecule has 0 aliphatic carbocycles. The molecule has 0 saturated carbocycles. The van der Waals surface area contributed by atoms with Crippen LogP contribution in [0, 0.1) is 17.1 Å². The summed E-state index contributed by atoms with van der Waals surface area (Å²) in [5.74, 6) is -0.299. The predicted molar refractivity (Wildman–Crippen MR) is 110 cm³/mol. The molecule has 0 radical (unpaired) electrons. The number of urea groups is 1. The Morgan fingerprint density at radius 2 is 1.86 bits per heavy atom. The molecular formula is C23H17FN4O. The van der Waals surface area contributed by atoms with Crippen LogP contribution in [-0.4, -0.2) is 18.3 Å². The van der Waals surface area contributed by atoms with Crippen LogP contribution in [0.4, 0.5) is 20.6 Å². The molecule has 1 heterocycles. The molecule has 142 valence electrons. The van der Waals surface area contributed by atoms with E-state index in [1.807, 2.05) is 12.1 Å². The molecule has 0 aromatic heterocycles. The van der Waals surface area contributed by atoms with Crippen molar-refractivity contribution in [2.24, 2.45) is 10.7 Å². The molecule has 29 heavy (non-hydrogen) atoms. The number of halogens is 1. The van der Waals surface area contributed by atoms with Crippen LogP contribution in [-0.2, 0) is 6.42 Å². The molecule has 0 spiro atoms. The average molecular weight is 384 g/mol. The van der Waals surface area contributed by atoms with Gasteiger partial charge in [-0.25, -0.2) is 9.18 Å². The van der Waals surface area contributed by atoms with E-state index in [2.05, 4.69) is 11.1 Å². The van der Waals surface area contributed by atoms with Gasteiger partial charge in [0, 0.05) is 17.7 Å². The number of rotatable bonds is 3. The number of amides is 2. The van der Waals surface area contributed by atoms with E-state index in [0.717, 1.165) is 28.8 Å². The standard InChI is InChI=1S/C23H17FN4O/c24-18-7-4-16-10-11-27-22(21(16)13-18)17-5-8-19(9-6-17)28(23(26)29)20-3-1-2-15(12-20)14-25/h1-9,12-13H,10-11H2,(H2,26,29). The summed E-state index contributed by atoms with van der Waals surface area (Å²) in [5, 5.41) is 9.11. The highest BCUT2D eigenvalue weighted by Crippen LogP contribution is 2.28. The van der Waals surface area contributed by atoms with Crippen LogP contribution in [0.2, 0.25) is 0 Å². The molecule has 2 N–H and O–H groups in total. The maximum atomic E-state index is 13.8. The second-order valence-electron chi connectivity index (χ2n) is 6.66. The lowest BCUT2D eigenvalue weighted by atomic mass is 9.93. The van der Waals surface area contributed by atoms with Gasteiger partial charge in [0.1, 0.15) is 5.82 Å². The number of aliphatic imine (C=N–C) groups is 1. The van der Waals surface area contributed by atoms with Gasteiger partial charge in [0.2, 0.25) is 0 Å². The van der Waals surface area contributed by atoms with Crippen molar-refractivity contribution >= 4 is 23.1 Å². The van der Waals surface area contributed by atoms with E-state index in [1.165, 1.54) is 17.0 Å². The Bertz CT molecular complexity index is 1160. The van der Waals surface area contributed by atoms with Crippen LogP contribution in [0.25, 0.3) is 0 Å². The molecular weight excluding hydrogens is 367 g/mol. The van der Waals surface area contributed by atoms with E-state index in [4.69, 9.17) is 11.0 Å². The molecule has 1 aliphatic rings. The highest BCUT2D eigenvalue weighted by Gasteiger charge is 2.19. The summed E-state index contributed by atoms with van der Waals surface area (Å²) < 4.78 is 13.8. The van der Waals surface area contributed by atoms with Gasteiger partial charge in [0.05, 0.1) is 28.7 Å². The molecule has 3 aromatic rings. The monoisotopic (exact) mass is 384 g/mol. The zero-order valence-corrected chi connectivity index (χ0v) is 15.5. The van der Waals surface area contributed by atoms with Crippen molar-refractivity contribution in [2.75, 3.05) is 11.4 Å². The molecule has 0 bridgehead atoms. The quantitative estimate of drug-likeness (QED) is 0.730. The van der Waals surface area contributed by atoms with Crippen molar-refractivity contribution in [2.45, 2.75) is 6.42 Å². The fraction of sp³-hybridized carbons (Fsp3) is 0.0870. The van der Waals surface area contributed by atoms with Gasteiger partial charge in [-0.15, -0.1) is 0 Å². The van der Waals surface area contributed by atoms with Crippen LogP contribution >= 0.6 is 0 Å². The Morgan fingerprint density at radius 1 is 1.07 bits per heavy atom. The van der Waals surface area contributed by atoms with Crippen LogP contribution in [0.15, 0.2) is 71.7 Å². The third-order valence-corrected chi connectivity index (χ3v) is 4.83. The van der Waals surface area contributed by atoms with Crippen molar-refractivity contribution < 1.29 is 9.18 Å². The Hall–Kier alpha value is -3.98. The number of nitrogens with two attached hydrogens (primary N) is 1. The third-order valence-electron chi connectivity index (χ3n) is 4.83. The van der Waals surface area contributed by atoms with Crippen molar-refractivity contribution in [1.82, 2.24) is 0 Å². The molecule has 6 heteroatoms. The first kappa shape index (κ1) is 18.4. The largest absolute Gasteiger partial charge is 0.351 e. The average Bonchev–Trinajstić information content (AvgIpc) is 2.74. The number of fused-ring (bicyclic) bond motifs is 1. The molecule has 1 aliphatic heterocycles. The van der Waals surface area contributed by atoms with Gasteiger partial charge in [0.15, 0.2) is 0 Å². The number of hydrogen-bond donors (Lipinski definition) is 1. The molecule has 0 saturated heterocycles. The molecule has 0 atom stereocenters. The normalized spacial score (nSPS) is 12.5. The molecule has 0 unspecified atom stereocenters. The van der Waals surface area contributed by atoms with Gasteiger partial charge in [-0.2, -0.15) is 5.26 Å². The van der Waals surface area contributed by atoms with Crippen LogP contribution in [0.5, 0.6) is 0 Å². The fourth-order valence-corrected chi connectivity index (χ4v) is 3.49. The zero-order valence-electron chi connectivity index (χ0n) is 15.5. The minimum atomic E-state index is -0.657. The van der Waals surface area contributed by atoms with E-state index < -0.39 is 6.03 Å². The minimum absolute atomic E-state index is 0.299. The van der Waals surface area contributed by atoms with E-state index in [9.17, 15) is 9.18 Å². The molecule has 0 fully saturated rings. The maximum Gasteiger partial charge on any atom is 0.323 e. The van der Waals surface area contributed by atoms with E-state index in [1.54, 1.807) is 42.5 Å². The Kier molecular flexibility index (Phi) is 4.80. The number of carbonyl (C=O) groups is 1. The second-order valence-corrected chi connectivity index (χ2v) is 6.66. The Labute approximate surface area is 167 Å². The summed E-state index contributed by atoms with van der Waals surface area (Å²) in [5.41, 5.74) is 10.5. The molecule has 2 amide bonds. The summed E-state index contributed by atoms with van der Waals surface area (Å²) in [6.07, 6.45) is 0.780. The number of nitriles is 1. The van der Waals surface area contributed by atoms with Gasteiger partial charge in [-0.05, 0) is 54.4 Å². The second kappa shape index (κ2) is 7.56. The predicted octanol–water partition coefficient (Wildman–Crippen LogP) is 4.31. The number of nitrogens with zero attached hydrogens (tertiary/aromatic N) is 3. The Balaban J connectivity index is 1.70. The SMILES string of the molecule is N#Cc1cccc(N(C(N)=O)c2ccc(C3=NCCc4ccc(F)cc43)cc2)c1.